The van der Waals surface area contributed by atoms with Gasteiger partial charge in [0.1, 0.15) is 61.6 Å². The number of nitrogens with zero attached hydrogens (tertiary/aromatic N) is 6. The number of methoxy groups -OCH3 is 1. The zero-order valence-electron chi connectivity index (χ0n) is 36.0. The van der Waals surface area contributed by atoms with E-state index in [1.807, 2.05) is 0 Å². The second-order valence-electron chi connectivity index (χ2n) is 15.1. The van der Waals surface area contributed by atoms with Gasteiger partial charge in [0.25, 0.3) is 32.7 Å². The molecule has 70 heavy (non-hydrogen) atoms. The van der Waals surface area contributed by atoms with Gasteiger partial charge < -0.3 is 97.2 Å². The highest BCUT2D eigenvalue weighted by Gasteiger charge is 2.49. The van der Waals surface area contributed by atoms with Crippen molar-refractivity contribution in [1.29, 1.82) is 0 Å². The first-order valence-electron chi connectivity index (χ1n) is 20.3. The molecule has 0 aliphatic carbocycles. The Balaban J connectivity index is 0.971. The Kier molecular flexibility index (Phi) is 16.9. The molecule has 2 saturated heterocycles. The standard InChI is InChI=1S/C34H46ClN10O22P3/c1-58-8-9-60-26-24(47)20(66-32(26)45-15-43(22-28(45)40-34(37)42-30(22)50)6-7-59-17-4-2-16(35)3-5-17)13-64-70(56,57)62-11-18(67-68(51,52)53)10-61-69(54,55)63-12-19-23(46)25(48)31(65-19)44-14-38-21-27(44)39-33(36)41-29(21)49/h2-5,14-15,18-20,23-26,31-32,46-48H,6-13H2,1H3,(H9-,36,37,39,40,41,42,49,50,51,52,53,54,55,56,57)/p-3/t18?,19?,20?,23-,24-,25-,26-,31-,32-/m1/s1. The van der Waals surface area contributed by atoms with Gasteiger partial charge in [-0.2, -0.15) is 4.98 Å². The summed E-state index contributed by atoms with van der Waals surface area (Å²) in [5, 5.41) is 33.1. The Hall–Kier alpha value is -4.34. The van der Waals surface area contributed by atoms with Crippen LogP contribution in [0.15, 0.2) is 46.5 Å². The maximum Gasteiger partial charge on any atom is 0.313 e. The minimum atomic E-state index is -6.00. The van der Waals surface area contributed by atoms with Gasteiger partial charge in [-0.25, -0.2) is 9.55 Å². The molecular formula is C34H43ClN10O22P3-3. The SMILES string of the molecule is COCCO[C@@H]1[C@H](O)C(COP(=O)([O-])OCC(COP(=O)([O-])OCC2O[C@@H](n3cnc4c(=O)[nH]c(N)nc43)[C@H](O)[C@@H]2O)OP(=O)([O-])[O-])O[C@H]1[n+]1cn(CCOc2ccc(Cl)cc2)c2c(=O)[nH]c(N)nc21. The summed E-state index contributed by atoms with van der Waals surface area (Å²) in [7, 11) is -15.8. The van der Waals surface area contributed by atoms with Crippen LogP contribution in [0.25, 0.3) is 22.3 Å². The molecule has 0 saturated carbocycles. The number of halogens is 1. The van der Waals surface area contributed by atoms with Gasteiger partial charge in [-0.15, -0.1) is 0 Å². The first kappa shape index (κ1) is 53.5. The van der Waals surface area contributed by atoms with E-state index in [9.17, 15) is 58.2 Å². The minimum Gasteiger partial charge on any atom is -0.790 e. The van der Waals surface area contributed by atoms with E-state index in [-0.39, 0.29) is 60.6 Å². The Bertz CT molecular complexity index is 2890. The van der Waals surface area contributed by atoms with Crippen LogP contribution in [0.5, 0.6) is 5.75 Å². The molecule has 7 rings (SSSR count). The second kappa shape index (κ2) is 22.2. The summed E-state index contributed by atoms with van der Waals surface area (Å²) in [5.74, 6) is -0.126. The number of hydrogen-bond donors (Lipinski definition) is 7. The normalized spacial score (nSPS) is 25.1. The molecule has 5 unspecified atom stereocenters. The van der Waals surface area contributed by atoms with Gasteiger partial charge in [0.2, 0.25) is 17.7 Å². The van der Waals surface area contributed by atoms with Crippen molar-refractivity contribution in [1.82, 2.24) is 34.1 Å². The second-order valence-corrected chi connectivity index (χ2v) is 19.5. The predicted octanol–water partition coefficient (Wildman–Crippen LogP) is -4.83. The highest BCUT2D eigenvalue weighted by atomic mass is 35.5. The van der Waals surface area contributed by atoms with Crippen LogP contribution in [0.1, 0.15) is 12.5 Å². The molecule has 4 aromatic heterocycles. The molecule has 6 heterocycles. The third-order valence-electron chi connectivity index (χ3n) is 10.3. The molecular weight excluding hydrogens is 1030 g/mol. The van der Waals surface area contributed by atoms with Crippen LogP contribution in [0.2, 0.25) is 5.02 Å². The van der Waals surface area contributed by atoms with E-state index in [1.165, 1.54) is 22.6 Å². The zero-order chi connectivity index (χ0) is 50.7. The predicted molar refractivity (Wildman–Crippen MR) is 223 cm³/mol. The quantitative estimate of drug-likeness (QED) is 0.0173. The summed E-state index contributed by atoms with van der Waals surface area (Å²) in [6, 6.07) is 6.52. The number of aromatic amines is 2. The summed E-state index contributed by atoms with van der Waals surface area (Å²) in [4.78, 5) is 90.7. The van der Waals surface area contributed by atoms with E-state index in [4.69, 9.17) is 55.8 Å². The number of nitrogens with one attached hydrogen (secondary N) is 2. The van der Waals surface area contributed by atoms with Crippen LogP contribution in [-0.4, -0.2) is 145 Å². The van der Waals surface area contributed by atoms with E-state index in [2.05, 4.69) is 38.5 Å². The maximum absolute atomic E-state index is 13.2. The number of imidazole rings is 2. The smallest absolute Gasteiger partial charge is 0.313 e. The van der Waals surface area contributed by atoms with Gasteiger partial charge in [-0.1, -0.05) is 16.6 Å². The van der Waals surface area contributed by atoms with Crippen molar-refractivity contribution >= 4 is 69.3 Å². The maximum atomic E-state index is 13.2. The van der Waals surface area contributed by atoms with Crippen LogP contribution in [0.3, 0.4) is 0 Å². The molecule has 386 valence electrons. The van der Waals surface area contributed by atoms with Crippen molar-refractivity contribution in [3.8, 4) is 5.75 Å². The van der Waals surface area contributed by atoms with Gasteiger partial charge in [-0.3, -0.25) is 37.8 Å². The summed E-state index contributed by atoms with van der Waals surface area (Å²) in [5.41, 5.74) is 9.67. The number of ether oxygens (including phenoxy) is 5. The topological polar surface area (TPSA) is 467 Å². The third-order valence-corrected chi connectivity index (χ3v) is 12.9. The lowest BCUT2D eigenvalue weighted by Crippen LogP contribution is -2.47. The van der Waals surface area contributed by atoms with E-state index in [1.54, 1.807) is 24.3 Å². The largest absolute Gasteiger partial charge is 0.790 e. The molecule has 2 fully saturated rings. The number of H-pyrrole nitrogens is 2. The fraction of sp³-hybridized carbons (Fsp3) is 0.529. The number of aliphatic hydroxyl groups excluding tert-OH is 3. The molecule has 0 amide bonds. The number of aromatic nitrogens is 8. The fourth-order valence-electron chi connectivity index (χ4n) is 7.12. The van der Waals surface area contributed by atoms with E-state index in [0.29, 0.717) is 10.8 Å². The number of benzene rings is 1. The molecule has 0 spiro atoms. The monoisotopic (exact) mass is 1070 g/mol. The van der Waals surface area contributed by atoms with Crippen molar-refractivity contribution in [3.63, 3.8) is 0 Å². The number of anilines is 2. The Morgan fingerprint density at radius 1 is 0.857 bits per heavy atom. The van der Waals surface area contributed by atoms with Crippen LogP contribution in [0, 0.1) is 0 Å². The highest BCUT2D eigenvalue weighted by Crippen LogP contribution is 2.44. The average molecular weight is 1070 g/mol. The molecule has 0 radical (unpaired) electrons. The van der Waals surface area contributed by atoms with Crippen LogP contribution in [0.4, 0.5) is 11.9 Å². The summed E-state index contributed by atoms with van der Waals surface area (Å²) in [6.07, 6.45) is -12.4. The van der Waals surface area contributed by atoms with Crippen molar-refractivity contribution in [2.45, 2.75) is 61.7 Å². The van der Waals surface area contributed by atoms with E-state index in [0.717, 1.165) is 10.9 Å². The van der Waals surface area contributed by atoms with Gasteiger partial charge in [0.15, 0.2) is 23.7 Å². The molecule has 5 aromatic rings. The lowest BCUT2D eigenvalue weighted by molar-refractivity contribution is -0.746. The van der Waals surface area contributed by atoms with Gasteiger partial charge >= 0.3 is 5.65 Å². The van der Waals surface area contributed by atoms with Crippen molar-refractivity contribution in [2.75, 3.05) is 64.8 Å². The highest BCUT2D eigenvalue weighted by molar-refractivity contribution is 7.46. The Morgan fingerprint density at radius 3 is 2.13 bits per heavy atom. The minimum absolute atomic E-state index is 0.00127. The van der Waals surface area contributed by atoms with E-state index < -0.39 is 116 Å². The Labute approximate surface area is 396 Å². The molecule has 32 nitrogen and oxygen atoms in total. The first-order chi connectivity index (χ1) is 33.0. The number of nitrogens with two attached hydrogens (primary N) is 2. The van der Waals surface area contributed by atoms with Crippen LogP contribution >= 0.6 is 35.1 Å². The van der Waals surface area contributed by atoms with Gasteiger partial charge in [0, 0.05) is 12.1 Å². The number of nitrogen functional groups attached to an aromatic ring is 2. The first-order valence-corrected chi connectivity index (χ1v) is 25.1. The summed E-state index contributed by atoms with van der Waals surface area (Å²) < 4.78 is 92.4. The summed E-state index contributed by atoms with van der Waals surface area (Å²) >= 11 is 5.95. The van der Waals surface area contributed by atoms with Crippen LogP contribution < -0.4 is 51.5 Å². The van der Waals surface area contributed by atoms with Gasteiger partial charge in [-0.05, 0) is 24.3 Å². The molecule has 0 bridgehead atoms. The molecule has 36 heteroatoms. The van der Waals surface area contributed by atoms with Crippen molar-refractivity contribution < 1.29 is 99.5 Å². The average Bonchev–Trinajstić information content (AvgIpc) is 4.03. The van der Waals surface area contributed by atoms with Crippen LogP contribution in [-0.2, 0) is 61.8 Å². The molecule has 9 N–H and O–H groups in total. The zero-order valence-corrected chi connectivity index (χ0v) is 39.4. The fourth-order valence-corrected chi connectivity index (χ4v) is 9.24. The van der Waals surface area contributed by atoms with E-state index >= 15 is 0 Å². The van der Waals surface area contributed by atoms with Gasteiger partial charge in [0.05, 0.1) is 53.8 Å². The lowest BCUT2D eigenvalue weighted by Gasteiger charge is -2.35. The third kappa shape index (κ3) is 13.0. The number of hydrogen-bond acceptors (Lipinski definition) is 27. The number of rotatable bonds is 24. The summed E-state index contributed by atoms with van der Waals surface area (Å²) in [6.45, 7) is -4.84. The molecule has 11 atom stereocenters. The number of aliphatic hydroxyl groups is 3. The number of phosphoric ester groups is 3. The number of phosphoric acid groups is 3. The van der Waals surface area contributed by atoms with Crippen molar-refractivity contribution in [3.05, 3.63) is 62.7 Å². The molecule has 2 aliphatic rings. The number of fused-ring (bicyclic) bond motifs is 2. The molecule has 2 aliphatic heterocycles. The van der Waals surface area contributed by atoms with Crippen molar-refractivity contribution in [2.24, 2.45) is 0 Å². The lowest BCUT2D eigenvalue weighted by atomic mass is 10.1. The Morgan fingerprint density at radius 2 is 1.49 bits per heavy atom. The molecule has 1 aromatic carbocycles.